The molecule has 120 valence electrons. The number of fused-ring (bicyclic) bond motifs is 1. The molecule has 0 unspecified atom stereocenters. The number of ketones is 1. The average molecular weight is 313 g/mol. The minimum Gasteiger partial charge on any atom is -0.334 e. The molecule has 0 aliphatic carbocycles. The van der Waals surface area contributed by atoms with Crippen LogP contribution in [0.1, 0.15) is 35.3 Å². The Morgan fingerprint density at radius 2 is 1.68 bits per heavy atom. The normalized spacial score (nSPS) is 15.5. The first-order valence-corrected chi connectivity index (χ1v) is 7.22. The summed E-state index contributed by atoms with van der Waals surface area (Å²) < 4.78 is 37.6. The molecule has 6 heteroatoms. The van der Waals surface area contributed by atoms with Crippen LogP contribution in [-0.4, -0.2) is 35.9 Å². The minimum absolute atomic E-state index is 0.00951. The highest BCUT2D eigenvalue weighted by atomic mass is 19.4. The zero-order valence-electron chi connectivity index (χ0n) is 12.5. The van der Waals surface area contributed by atoms with E-state index in [4.69, 9.17) is 0 Å². The van der Waals surface area contributed by atoms with Crippen LogP contribution in [0.25, 0.3) is 0 Å². The van der Waals surface area contributed by atoms with Crippen LogP contribution in [0, 0.1) is 5.92 Å². The van der Waals surface area contributed by atoms with Gasteiger partial charge in [0.25, 0.3) is 0 Å². The molecule has 1 aromatic carbocycles. The van der Waals surface area contributed by atoms with Gasteiger partial charge in [-0.15, -0.1) is 0 Å². The molecule has 1 heterocycles. The molecular formula is C16H18F3NO2. The Kier molecular flexibility index (Phi) is 4.58. The van der Waals surface area contributed by atoms with Crippen molar-refractivity contribution in [3.05, 3.63) is 34.9 Å². The summed E-state index contributed by atoms with van der Waals surface area (Å²) >= 11 is 0. The maximum absolute atomic E-state index is 12.5. The second-order valence-electron chi connectivity index (χ2n) is 5.79. The van der Waals surface area contributed by atoms with Crippen molar-refractivity contribution in [1.29, 1.82) is 0 Å². The molecular weight excluding hydrogens is 295 g/mol. The van der Waals surface area contributed by atoms with E-state index in [1.807, 2.05) is 0 Å². The van der Waals surface area contributed by atoms with E-state index in [1.54, 1.807) is 32.0 Å². The van der Waals surface area contributed by atoms with Crippen molar-refractivity contribution in [1.82, 2.24) is 4.90 Å². The third kappa shape index (κ3) is 3.48. The molecule has 0 saturated carbocycles. The van der Waals surface area contributed by atoms with Gasteiger partial charge in [-0.3, -0.25) is 9.59 Å². The number of hydrogen-bond acceptors (Lipinski definition) is 2. The SMILES string of the molecule is CC(C)C(=O)c1ccc2c(c1)CCN(C(=O)C(F)(F)F)CC2. The van der Waals surface area contributed by atoms with Crippen molar-refractivity contribution >= 4 is 11.7 Å². The summed E-state index contributed by atoms with van der Waals surface area (Å²) in [6, 6.07) is 5.24. The van der Waals surface area contributed by atoms with Crippen molar-refractivity contribution in [2.45, 2.75) is 32.9 Å². The molecule has 0 saturated heterocycles. The van der Waals surface area contributed by atoms with E-state index in [1.165, 1.54) is 0 Å². The van der Waals surface area contributed by atoms with Crippen molar-refractivity contribution < 1.29 is 22.8 Å². The monoisotopic (exact) mass is 313 g/mol. The van der Waals surface area contributed by atoms with Gasteiger partial charge in [-0.25, -0.2) is 0 Å². The number of halogens is 3. The van der Waals surface area contributed by atoms with E-state index in [0.29, 0.717) is 18.4 Å². The molecule has 0 spiro atoms. The number of rotatable bonds is 2. The first-order chi connectivity index (χ1) is 10.2. The third-order valence-corrected chi connectivity index (χ3v) is 3.85. The molecule has 0 N–H and O–H groups in total. The topological polar surface area (TPSA) is 37.4 Å². The Labute approximate surface area is 127 Å². The largest absolute Gasteiger partial charge is 0.471 e. The Morgan fingerprint density at radius 1 is 1.09 bits per heavy atom. The van der Waals surface area contributed by atoms with E-state index < -0.39 is 12.1 Å². The number of Topliss-reactive ketones (excluding diaryl/α,β-unsaturated/α-hetero) is 1. The maximum atomic E-state index is 12.5. The summed E-state index contributed by atoms with van der Waals surface area (Å²) in [6.07, 6.45) is -4.14. The van der Waals surface area contributed by atoms with Crippen molar-refractivity contribution in [3.63, 3.8) is 0 Å². The number of alkyl halides is 3. The molecule has 3 nitrogen and oxygen atoms in total. The van der Waals surface area contributed by atoms with Gasteiger partial charge in [0.1, 0.15) is 0 Å². The van der Waals surface area contributed by atoms with E-state index in [-0.39, 0.29) is 24.8 Å². The van der Waals surface area contributed by atoms with Crippen LogP contribution in [0.5, 0.6) is 0 Å². The summed E-state index contributed by atoms with van der Waals surface area (Å²) in [5, 5.41) is 0. The fraction of sp³-hybridized carbons (Fsp3) is 0.500. The van der Waals surface area contributed by atoms with Gasteiger partial charge in [-0.1, -0.05) is 26.0 Å². The number of carbonyl (C=O) groups is 2. The van der Waals surface area contributed by atoms with Crippen molar-refractivity contribution in [3.8, 4) is 0 Å². The lowest BCUT2D eigenvalue weighted by Gasteiger charge is -2.21. The highest BCUT2D eigenvalue weighted by molar-refractivity contribution is 5.97. The summed E-state index contributed by atoms with van der Waals surface area (Å²) in [7, 11) is 0. The highest BCUT2D eigenvalue weighted by Crippen LogP contribution is 2.23. The van der Waals surface area contributed by atoms with Crippen molar-refractivity contribution in [2.75, 3.05) is 13.1 Å². The molecule has 0 radical (unpaired) electrons. The second kappa shape index (κ2) is 6.10. The smallest absolute Gasteiger partial charge is 0.334 e. The quantitative estimate of drug-likeness (QED) is 0.787. The Balaban J connectivity index is 2.19. The van der Waals surface area contributed by atoms with Gasteiger partial charge in [0.15, 0.2) is 5.78 Å². The number of carbonyl (C=O) groups excluding carboxylic acids is 2. The molecule has 1 aliphatic rings. The first-order valence-electron chi connectivity index (χ1n) is 7.22. The number of benzene rings is 1. The van der Waals surface area contributed by atoms with Gasteiger partial charge in [0.05, 0.1) is 0 Å². The fourth-order valence-corrected chi connectivity index (χ4v) is 2.59. The van der Waals surface area contributed by atoms with Crippen LogP contribution in [0.15, 0.2) is 18.2 Å². The molecule has 1 amide bonds. The van der Waals surface area contributed by atoms with Gasteiger partial charge >= 0.3 is 12.1 Å². The zero-order chi connectivity index (χ0) is 16.5. The molecule has 2 rings (SSSR count). The zero-order valence-corrected chi connectivity index (χ0v) is 12.5. The minimum atomic E-state index is -4.84. The lowest BCUT2D eigenvalue weighted by Crippen LogP contribution is -2.42. The molecule has 0 atom stereocenters. The number of nitrogens with zero attached hydrogens (tertiary/aromatic N) is 1. The Morgan fingerprint density at radius 3 is 2.23 bits per heavy atom. The van der Waals surface area contributed by atoms with Gasteiger partial charge < -0.3 is 4.90 Å². The molecule has 0 fully saturated rings. The highest BCUT2D eigenvalue weighted by Gasteiger charge is 2.42. The third-order valence-electron chi connectivity index (χ3n) is 3.85. The van der Waals surface area contributed by atoms with Crippen molar-refractivity contribution in [2.24, 2.45) is 5.92 Å². The molecule has 0 aromatic heterocycles. The summed E-state index contributed by atoms with van der Waals surface area (Å²) in [5.74, 6) is -1.92. The standard InChI is InChI=1S/C16H18F3NO2/c1-10(2)14(21)13-4-3-11-5-7-20(8-6-12(11)9-13)15(22)16(17,18)19/h3-4,9-10H,5-8H2,1-2H3. The average Bonchev–Trinajstić information content (AvgIpc) is 2.66. The van der Waals surface area contributed by atoms with Gasteiger partial charge in [-0.05, 0) is 30.0 Å². The number of hydrogen-bond donors (Lipinski definition) is 0. The second-order valence-corrected chi connectivity index (χ2v) is 5.79. The maximum Gasteiger partial charge on any atom is 0.471 e. The molecule has 0 bridgehead atoms. The Bertz CT molecular complexity index is 594. The van der Waals surface area contributed by atoms with Gasteiger partial charge in [0.2, 0.25) is 0 Å². The predicted molar refractivity (Wildman–Crippen MR) is 75.7 cm³/mol. The van der Waals surface area contributed by atoms with Gasteiger partial charge in [-0.2, -0.15) is 13.2 Å². The molecule has 1 aliphatic heterocycles. The summed E-state index contributed by atoms with van der Waals surface area (Å²) in [6.45, 7) is 3.67. The van der Waals surface area contributed by atoms with Gasteiger partial charge in [0, 0.05) is 24.6 Å². The number of amides is 1. The Hall–Kier alpha value is -1.85. The summed E-state index contributed by atoms with van der Waals surface area (Å²) in [4.78, 5) is 24.2. The van der Waals surface area contributed by atoms with E-state index in [2.05, 4.69) is 0 Å². The first kappa shape index (κ1) is 16.5. The fourth-order valence-electron chi connectivity index (χ4n) is 2.59. The lowest BCUT2D eigenvalue weighted by atomic mass is 9.95. The van der Waals surface area contributed by atoms with E-state index in [0.717, 1.165) is 16.0 Å². The molecule has 22 heavy (non-hydrogen) atoms. The van der Waals surface area contributed by atoms with Crippen LogP contribution in [0.2, 0.25) is 0 Å². The summed E-state index contributed by atoms with van der Waals surface area (Å²) in [5.41, 5.74) is 2.33. The lowest BCUT2D eigenvalue weighted by molar-refractivity contribution is -0.185. The van der Waals surface area contributed by atoms with Crippen LogP contribution < -0.4 is 0 Å². The van der Waals surface area contributed by atoms with Crippen LogP contribution >= 0.6 is 0 Å². The predicted octanol–water partition coefficient (Wildman–Crippen LogP) is 3.01. The van der Waals surface area contributed by atoms with E-state index in [9.17, 15) is 22.8 Å². The van der Waals surface area contributed by atoms with Crippen LogP contribution in [-0.2, 0) is 17.6 Å². The van der Waals surface area contributed by atoms with Crippen LogP contribution in [0.4, 0.5) is 13.2 Å². The van der Waals surface area contributed by atoms with Crippen LogP contribution in [0.3, 0.4) is 0 Å². The molecule has 1 aromatic rings. The van der Waals surface area contributed by atoms with E-state index >= 15 is 0 Å².